The van der Waals surface area contributed by atoms with E-state index in [9.17, 15) is 10.1 Å². The Kier molecular flexibility index (Phi) is 2.70. The SMILES string of the molecule is Cc1nn(CC(C)(C)C)c(N)c1[N+](=O)[O-]. The number of nitrogens with two attached hydrogens (primary N) is 1. The summed E-state index contributed by atoms with van der Waals surface area (Å²) < 4.78 is 1.49. The first-order valence-electron chi connectivity index (χ1n) is 4.69. The first kappa shape index (κ1) is 11.5. The maximum Gasteiger partial charge on any atom is 0.333 e. The van der Waals surface area contributed by atoms with E-state index in [1.807, 2.05) is 20.8 Å². The summed E-state index contributed by atoms with van der Waals surface area (Å²) in [5.74, 6) is 0.132. The minimum Gasteiger partial charge on any atom is -0.378 e. The fourth-order valence-corrected chi connectivity index (χ4v) is 1.39. The Hall–Kier alpha value is -1.59. The summed E-state index contributed by atoms with van der Waals surface area (Å²) in [6.45, 7) is 8.22. The third kappa shape index (κ3) is 2.45. The number of hydrogen-bond acceptors (Lipinski definition) is 4. The first-order valence-corrected chi connectivity index (χ1v) is 4.69. The average molecular weight is 212 g/mol. The maximum atomic E-state index is 10.7. The lowest BCUT2D eigenvalue weighted by Crippen LogP contribution is -2.18. The van der Waals surface area contributed by atoms with Crippen LogP contribution in [0.4, 0.5) is 11.5 Å². The minimum atomic E-state index is -0.489. The van der Waals surface area contributed by atoms with Crippen molar-refractivity contribution in [2.45, 2.75) is 34.2 Å². The number of nitro groups is 1. The van der Waals surface area contributed by atoms with Gasteiger partial charge in [0.05, 0.1) is 4.92 Å². The molecule has 0 amide bonds. The van der Waals surface area contributed by atoms with Gasteiger partial charge in [-0.3, -0.25) is 10.1 Å². The zero-order valence-corrected chi connectivity index (χ0v) is 9.44. The molecular weight excluding hydrogens is 196 g/mol. The van der Waals surface area contributed by atoms with Crippen molar-refractivity contribution < 1.29 is 4.92 Å². The van der Waals surface area contributed by atoms with Gasteiger partial charge in [-0.2, -0.15) is 5.10 Å². The lowest BCUT2D eigenvalue weighted by atomic mass is 9.97. The van der Waals surface area contributed by atoms with E-state index in [1.165, 1.54) is 4.68 Å². The van der Waals surface area contributed by atoms with Crippen molar-refractivity contribution in [3.8, 4) is 0 Å². The van der Waals surface area contributed by atoms with Crippen molar-refractivity contribution in [1.82, 2.24) is 9.78 Å². The largest absolute Gasteiger partial charge is 0.378 e. The molecular formula is C9H16N4O2. The number of nitrogens with zero attached hydrogens (tertiary/aromatic N) is 3. The highest BCUT2D eigenvalue weighted by molar-refractivity contribution is 5.55. The van der Waals surface area contributed by atoms with Gasteiger partial charge in [-0.1, -0.05) is 20.8 Å². The van der Waals surface area contributed by atoms with Gasteiger partial charge >= 0.3 is 5.69 Å². The van der Waals surface area contributed by atoms with Gasteiger partial charge in [0.1, 0.15) is 5.69 Å². The van der Waals surface area contributed by atoms with Crippen molar-refractivity contribution in [3.63, 3.8) is 0 Å². The molecule has 0 aliphatic carbocycles. The minimum absolute atomic E-state index is 0.0134. The predicted molar refractivity (Wildman–Crippen MR) is 57.5 cm³/mol. The van der Waals surface area contributed by atoms with Crippen molar-refractivity contribution in [2.24, 2.45) is 5.41 Å². The van der Waals surface area contributed by atoms with Gasteiger partial charge < -0.3 is 5.73 Å². The van der Waals surface area contributed by atoms with Crippen LogP contribution in [0.1, 0.15) is 26.5 Å². The van der Waals surface area contributed by atoms with Crippen LogP contribution in [0.15, 0.2) is 0 Å². The van der Waals surface area contributed by atoms with Crippen LogP contribution in [0.2, 0.25) is 0 Å². The van der Waals surface area contributed by atoms with E-state index in [2.05, 4.69) is 5.10 Å². The molecule has 0 bridgehead atoms. The highest BCUT2D eigenvalue weighted by Gasteiger charge is 2.24. The lowest BCUT2D eigenvalue weighted by molar-refractivity contribution is -0.384. The van der Waals surface area contributed by atoms with Gasteiger partial charge in [0.2, 0.25) is 5.82 Å². The normalized spacial score (nSPS) is 11.7. The Balaban J connectivity index is 3.13. The molecule has 0 aliphatic heterocycles. The number of aromatic nitrogens is 2. The van der Waals surface area contributed by atoms with Gasteiger partial charge in [0.15, 0.2) is 0 Å². The molecule has 2 N–H and O–H groups in total. The second-order valence-corrected chi connectivity index (χ2v) is 4.79. The molecule has 0 unspecified atom stereocenters. The fourth-order valence-electron chi connectivity index (χ4n) is 1.39. The Bertz CT molecular complexity index is 390. The Morgan fingerprint density at radius 1 is 1.53 bits per heavy atom. The van der Waals surface area contributed by atoms with Crippen molar-refractivity contribution in [2.75, 3.05) is 5.73 Å². The van der Waals surface area contributed by atoms with E-state index in [-0.39, 0.29) is 16.9 Å². The molecule has 0 aliphatic rings. The molecule has 6 heteroatoms. The van der Waals surface area contributed by atoms with E-state index in [0.29, 0.717) is 12.2 Å². The van der Waals surface area contributed by atoms with E-state index in [1.54, 1.807) is 6.92 Å². The molecule has 0 atom stereocenters. The van der Waals surface area contributed by atoms with Crippen molar-refractivity contribution in [3.05, 3.63) is 15.8 Å². The van der Waals surface area contributed by atoms with Gasteiger partial charge in [0, 0.05) is 6.54 Å². The highest BCUT2D eigenvalue weighted by Crippen LogP contribution is 2.27. The zero-order chi connectivity index (χ0) is 11.8. The van der Waals surface area contributed by atoms with Crippen LogP contribution < -0.4 is 5.73 Å². The van der Waals surface area contributed by atoms with E-state index < -0.39 is 4.92 Å². The van der Waals surface area contributed by atoms with Crippen LogP contribution in [0.25, 0.3) is 0 Å². The summed E-state index contributed by atoms with van der Waals surface area (Å²) in [5, 5.41) is 14.8. The summed E-state index contributed by atoms with van der Waals surface area (Å²) in [6.07, 6.45) is 0. The molecule has 1 aromatic rings. The quantitative estimate of drug-likeness (QED) is 0.597. The summed E-state index contributed by atoms with van der Waals surface area (Å²) in [6, 6.07) is 0. The number of aryl methyl sites for hydroxylation is 1. The molecule has 0 saturated carbocycles. The number of hydrogen-bond donors (Lipinski definition) is 1. The number of rotatable bonds is 2. The van der Waals surface area contributed by atoms with E-state index in [0.717, 1.165) is 0 Å². The molecule has 1 aromatic heterocycles. The maximum absolute atomic E-state index is 10.7. The van der Waals surface area contributed by atoms with Crippen LogP contribution >= 0.6 is 0 Å². The smallest absolute Gasteiger partial charge is 0.333 e. The Morgan fingerprint density at radius 2 is 2.07 bits per heavy atom. The second kappa shape index (κ2) is 3.52. The molecule has 0 aromatic carbocycles. The fraction of sp³-hybridized carbons (Fsp3) is 0.667. The number of nitrogen functional groups attached to an aromatic ring is 1. The van der Waals surface area contributed by atoms with E-state index >= 15 is 0 Å². The molecule has 0 fully saturated rings. The van der Waals surface area contributed by atoms with Crippen LogP contribution in [0.3, 0.4) is 0 Å². The molecule has 6 nitrogen and oxygen atoms in total. The van der Waals surface area contributed by atoms with Crippen LogP contribution in [-0.4, -0.2) is 14.7 Å². The van der Waals surface area contributed by atoms with Crippen molar-refractivity contribution >= 4 is 11.5 Å². The average Bonchev–Trinajstić information content (AvgIpc) is 2.23. The van der Waals surface area contributed by atoms with E-state index in [4.69, 9.17) is 5.73 Å². The zero-order valence-electron chi connectivity index (χ0n) is 9.44. The Labute approximate surface area is 88.2 Å². The molecule has 0 spiro atoms. The van der Waals surface area contributed by atoms with Gasteiger partial charge in [0.25, 0.3) is 0 Å². The van der Waals surface area contributed by atoms with Gasteiger partial charge in [-0.25, -0.2) is 4.68 Å². The highest BCUT2D eigenvalue weighted by atomic mass is 16.6. The summed E-state index contributed by atoms with van der Waals surface area (Å²) in [4.78, 5) is 10.2. The summed E-state index contributed by atoms with van der Waals surface area (Å²) in [7, 11) is 0. The van der Waals surface area contributed by atoms with Crippen LogP contribution in [-0.2, 0) is 6.54 Å². The lowest BCUT2D eigenvalue weighted by Gasteiger charge is -2.18. The molecule has 0 radical (unpaired) electrons. The molecule has 0 saturated heterocycles. The summed E-state index contributed by atoms with van der Waals surface area (Å²) >= 11 is 0. The molecule has 84 valence electrons. The molecule has 15 heavy (non-hydrogen) atoms. The first-order chi connectivity index (χ1) is 6.72. The Morgan fingerprint density at radius 3 is 2.40 bits per heavy atom. The monoisotopic (exact) mass is 212 g/mol. The van der Waals surface area contributed by atoms with Gasteiger partial charge in [-0.05, 0) is 12.3 Å². The standard InChI is InChI=1S/C9H16N4O2/c1-6-7(13(14)15)8(10)12(11-6)5-9(2,3)4/h5,10H2,1-4H3. The third-order valence-electron chi connectivity index (χ3n) is 1.94. The second-order valence-electron chi connectivity index (χ2n) is 4.79. The molecule has 1 rings (SSSR count). The molecule has 1 heterocycles. The summed E-state index contributed by atoms with van der Waals surface area (Å²) in [5.41, 5.74) is 5.94. The topological polar surface area (TPSA) is 87.0 Å². The predicted octanol–water partition coefficient (Wildman–Crippen LogP) is 1.73. The number of anilines is 1. The van der Waals surface area contributed by atoms with Gasteiger partial charge in [-0.15, -0.1) is 0 Å². The third-order valence-corrected chi connectivity index (χ3v) is 1.94. The van der Waals surface area contributed by atoms with Crippen LogP contribution in [0.5, 0.6) is 0 Å². The van der Waals surface area contributed by atoms with Crippen LogP contribution in [0, 0.1) is 22.5 Å². The van der Waals surface area contributed by atoms with Crippen molar-refractivity contribution in [1.29, 1.82) is 0 Å².